The summed E-state index contributed by atoms with van der Waals surface area (Å²) in [5.41, 5.74) is -0.396. The highest BCUT2D eigenvalue weighted by Crippen LogP contribution is 2.16. The average Bonchev–Trinajstić information content (AvgIpc) is 2.49. The summed E-state index contributed by atoms with van der Waals surface area (Å²) in [6.45, 7) is 1.52. The predicted octanol–water partition coefficient (Wildman–Crippen LogP) is 1.24. The third-order valence-corrected chi connectivity index (χ3v) is 2.78. The molecule has 1 aromatic carbocycles. The van der Waals surface area contributed by atoms with Crippen LogP contribution in [0, 0.1) is 17.0 Å². The zero-order valence-electron chi connectivity index (χ0n) is 11.3. The highest BCUT2D eigenvalue weighted by molar-refractivity contribution is 5.87. The molecule has 0 atom stereocenters. The number of aromatic nitrogens is 2. The third-order valence-electron chi connectivity index (χ3n) is 2.78. The van der Waals surface area contributed by atoms with Crippen molar-refractivity contribution in [2.75, 3.05) is 7.11 Å². The molecule has 0 spiro atoms. The number of methoxy groups -OCH3 is 1. The molecule has 0 aliphatic rings. The first-order valence-electron chi connectivity index (χ1n) is 5.87. The number of carbonyl (C=O) groups is 1. The summed E-state index contributed by atoms with van der Waals surface area (Å²) in [4.78, 5) is 33.6. The SMILES string of the molecule is COC(=O)c1nn(-c2cccc([N+](=O)[O-])c2)cc(C)c1=O. The van der Waals surface area contributed by atoms with Crippen molar-refractivity contribution in [3.63, 3.8) is 0 Å². The number of nitro benzene ring substituents is 1. The predicted molar refractivity (Wildman–Crippen MR) is 72.6 cm³/mol. The van der Waals surface area contributed by atoms with Crippen LogP contribution in [0.5, 0.6) is 0 Å². The lowest BCUT2D eigenvalue weighted by atomic mass is 10.2. The zero-order chi connectivity index (χ0) is 15.6. The van der Waals surface area contributed by atoms with Crippen LogP contribution in [0.3, 0.4) is 0 Å². The number of carbonyl (C=O) groups excluding carboxylic acids is 1. The van der Waals surface area contributed by atoms with Gasteiger partial charge in [0.05, 0.1) is 17.7 Å². The van der Waals surface area contributed by atoms with Gasteiger partial charge in [0.1, 0.15) is 0 Å². The van der Waals surface area contributed by atoms with Crippen LogP contribution >= 0.6 is 0 Å². The van der Waals surface area contributed by atoms with Crippen molar-refractivity contribution in [2.45, 2.75) is 6.92 Å². The van der Waals surface area contributed by atoms with Gasteiger partial charge in [0.15, 0.2) is 0 Å². The molecule has 2 aromatic rings. The van der Waals surface area contributed by atoms with Gasteiger partial charge < -0.3 is 4.74 Å². The maximum absolute atomic E-state index is 11.8. The van der Waals surface area contributed by atoms with Gasteiger partial charge in [-0.05, 0) is 13.0 Å². The maximum atomic E-state index is 11.8. The Morgan fingerprint density at radius 2 is 2.14 bits per heavy atom. The number of benzene rings is 1. The van der Waals surface area contributed by atoms with Gasteiger partial charge >= 0.3 is 5.97 Å². The van der Waals surface area contributed by atoms with Crippen LogP contribution in [0.15, 0.2) is 35.3 Å². The normalized spacial score (nSPS) is 10.2. The number of nitrogens with zero attached hydrogens (tertiary/aromatic N) is 3. The highest BCUT2D eigenvalue weighted by Gasteiger charge is 2.16. The monoisotopic (exact) mass is 289 g/mol. The summed E-state index contributed by atoms with van der Waals surface area (Å²) in [6, 6.07) is 5.68. The van der Waals surface area contributed by atoms with Crippen LogP contribution in [-0.2, 0) is 4.74 Å². The second-order valence-corrected chi connectivity index (χ2v) is 4.20. The minimum atomic E-state index is -0.858. The van der Waals surface area contributed by atoms with Crippen molar-refractivity contribution in [1.29, 1.82) is 0 Å². The molecule has 0 aliphatic heterocycles. The summed E-state index contributed by atoms with van der Waals surface area (Å²) < 4.78 is 5.73. The summed E-state index contributed by atoms with van der Waals surface area (Å²) in [6.07, 6.45) is 1.40. The first kappa shape index (κ1) is 14.4. The lowest BCUT2D eigenvalue weighted by molar-refractivity contribution is -0.384. The highest BCUT2D eigenvalue weighted by atomic mass is 16.6. The van der Waals surface area contributed by atoms with Crippen molar-refractivity contribution in [1.82, 2.24) is 9.78 Å². The fourth-order valence-corrected chi connectivity index (χ4v) is 1.72. The Morgan fingerprint density at radius 1 is 1.43 bits per heavy atom. The molecule has 0 bridgehead atoms. The van der Waals surface area contributed by atoms with Crippen molar-refractivity contribution >= 4 is 11.7 Å². The Bertz CT molecular complexity index is 782. The minimum absolute atomic E-state index is 0.120. The van der Waals surface area contributed by atoms with Crippen molar-refractivity contribution in [2.24, 2.45) is 0 Å². The molecule has 1 heterocycles. The van der Waals surface area contributed by atoms with Crippen LogP contribution in [0.1, 0.15) is 16.1 Å². The maximum Gasteiger partial charge on any atom is 0.362 e. The lowest BCUT2D eigenvalue weighted by Crippen LogP contribution is -2.24. The Hall–Kier alpha value is -3.03. The average molecular weight is 289 g/mol. The first-order chi connectivity index (χ1) is 9.93. The summed E-state index contributed by atoms with van der Waals surface area (Å²) in [5.74, 6) is -0.858. The summed E-state index contributed by atoms with van der Waals surface area (Å²) >= 11 is 0. The molecule has 8 heteroatoms. The molecular weight excluding hydrogens is 278 g/mol. The summed E-state index contributed by atoms with van der Waals surface area (Å²) in [7, 11) is 1.14. The minimum Gasteiger partial charge on any atom is -0.464 e. The van der Waals surface area contributed by atoms with Gasteiger partial charge in [-0.3, -0.25) is 14.9 Å². The molecule has 108 valence electrons. The lowest BCUT2D eigenvalue weighted by Gasteiger charge is -2.08. The van der Waals surface area contributed by atoms with Gasteiger partial charge in [-0.25, -0.2) is 9.48 Å². The molecule has 1 aromatic heterocycles. The van der Waals surface area contributed by atoms with E-state index in [4.69, 9.17) is 0 Å². The molecule has 8 nitrogen and oxygen atoms in total. The van der Waals surface area contributed by atoms with Crippen LogP contribution < -0.4 is 5.43 Å². The molecule has 21 heavy (non-hydrogen) atoms. The van der Waals surface area contributed by atoms with E-state index in [9.17, 15) is 19.7 Å². The second kappa shape index (κ2) is 5.53. The van der Waals surface area contributed by atoms with E-state index in [1.54, 1.807) is 6.07 Å². The van der Waals surface area contributed by atoms with Gasteiger partial charge in [-0.15, -0.1) is 0 Å². The standard InChI is InChI=1S/C13H11N3O5/c1-8-7-15(14-11(12(8)17)13(18)21-2)9-4-3-5-10(6-9)16(19)20/h3-7H,1-2H3. The largest absolute Gasteiger partial charge is 0.464 e. The van der Waals surface area contributed by atoms with E-state index in [0.717, 1.165) is 7.11 Å². The summed E-state index contributed by atoms with van der Waals surface area (Å²) in [5, 5.41) is 14.7. The molecule has 0 amide bonds. The Labute approximate surface area is 118 Å². The van der Waals surface area contributed by atoms with E-state index in [2.05, 4.69) is 9.84 Å². The second-order valence-electron chi connectivity index (χ2n) is 4.20. The quantitative estimate of drug-likeness (QED) is 0.478. The van der Waals surface area contributed by atoms with Gasteiger partial charge in [-0.1, -0.05) is 6.07 Å². The van der Waals surface area contributed by atoms with Crippen LogP contribution in [0.25, 0.3) is 5.69 Å². The van der Waals surface area contributed by atoms with Crippen LogP contribution in [0.4, 0.5) is 5.69 Å². The first-order valence-corrected chi connectivity index (χ1v) is 5.87. The van der Waals surface area contributed by atoms with E-state index in [-0.39, 0.29) is 16.9 Å². The van der Waals surface area contributed by atoms with Gasteiger partial charge in [0.25, 0.3) is 5.69 Å². The molecule has 0 N–H and O–H groups in total. The number of hydrogen-bond donors (Lipinski definition) is 0. The van der Waals surface area contributed by atoms with Gasteiger partial charge in [-0.2, -0.15) is 5.10 Å². The number of hydrogen-bond acceptors (Lipinski definition) is 6. The molecule has 0 radical (unpaired) electrons. The van der Waals surface area contributed by atoms with E-state index in [1.165, 1.54) is 36.0 Å². The van der Waals surface area contributed by atoms with E-state index < -0.39 is 16.3 Å². The Balaban J connectivity index is 2.62. The van der Waals surface area contributed by atoms with Crippen molar-refractivity contribution in [3.8, 4) is 5.69 Å². The fourth-order valence-electron chi connectivity index (χ4n) is 1.72. The van der Waals surface area contributed by atoms with E-state index in [0.29, 0.717) is 5.69 Å². The topological polar surface area (TPSA) is 104 Å². The zero-order valence-corrected chi connectivity index (χ0v) is 11.3. The Kier molecular flexibility index (Phi) is 3.79. The molecule has 0 saturated carbocycles. The molecule has 0 unspecified atom stereocenters. The third kappa shape index (κ3) is 2.78. The molecule has 0 fully saturated rings. The molecular formula is C13H11N3O5. The van der Waals surface area contributed by atoms with E-state index >= 15 is 0 Å². The smallest absolute Gasteiger partial charge is 0.362 e. The van der Waals surface area contributed by atoms with Crippen molar-refractivity contribution in [3.05, 3.63) is 62.1 Å². The van der Waals surface area contributed by atoms with Crippen LogP contribution in [-0.4, -0.2) is 27.8 Å². The number of esters is 1. The fraction of sp³-hybridized carbons (Fsp3) is 0.154. The molecule has 0 saturated heterocycles. The number of ether oxygens (including phenoxy) is 1. The van der Waals surface area contributed by atoms with Gasteiger partial charge in [0, 0.05) is 23.9 Å². The number of rotatable bonds is 3. The number of non-ortho nitro benzene ring substituents is 1. The van der Waals surface area contributed by atoms with Crippen LogP contribution in [0.2, 0.25) is 0 Å². The molecule has 2 rings (SSSR count). The molecule has 0 aliphatic carbocycles. The van der Waals surface area contributed by atoms with Gasteiger partial charge in [0.2, 0.25) is 11.1 Å². The van der Waals surface area contributed by atoms with Crippen molar-refractivity contribution < 1.29 is 14.5 Å². The van der Waals surface area contributed by atoms with E-state index in [1.807, 2.05) is 0 Å². The number of aryl methyl sites for hydroxylation is 1. The number of nitro groups is 1. The Morgan fingerprint density at radius 3 is 2.76 bits per heavy atom.